The highest BCUT2D eigenvalue weighted by molar-refractivity contribution is 5.94. The van der Waals surface area contributed by atoms with Crippen LogP contribution in [0.2, 0.25) is 0 Å². The van der Waals surface area contributed by atoms with Gasteiger partial charge in [-0.3, -0.25) is 14.8 Å². The fourth-order valence-electron chi connectivity index (χ4n) is 5.82. The van der Waals surface area contributed by atoms with E-state index in [1.807, 2.05) is 24.3 Å². The average Bonchev–Trinajstić information content (AvgIpc) is 2.95. The first-order valence-corrected chi connectivity index (χ1v) is 13.3. The Kier molecular flexibility index (Phi) is 6.71. The third-order valence-corrected chi connectivity index (χ3v) is 8.19. The molecule has 7 rings (SSSR count). The van der Waals surface area contributed by atoms with Crippen molar-refractivity contribution in [2.75, 3.05) is 25.1 Å². The van der Waals surface area contributed by atoms with Crippen LogP contribution >= 0.6 is 0 Å². The van der Waals surface area contributed by atoms with Crippen LogP contribution in [0, 0.1) is 5.82 Å². The third kappa shape index (κ3) is 4.95. The minimum atomic E-state index is -0.331. The fourth-order valence-corrected chi connectivity index (χ4v) is 5.82. The molecule has 0 radical (unpaired) electrons. The van der Waals surface area contributed by atoms with E-state index >= 15 is 0 Å². The van der Waals surface area contributed by atoms with Gasteiger partial charge >= 0.3 is 0 Å². The molecule has 0 unspecified atom stereocenters. The van der Waals surface area contributed by atoms with Crippen molar-refractivity contribution in [3.63, 3.8) is 0 Å². The Morgan fingerprint density at radius 2 is 1.92 bits per heavy atom. The zero-order valence-electron chi connectivity index (χ0n) is 21.3. The summed E-state index contributed by atoms with van der Waals surface area (Å²) < 4.78 is 26.8. The van der Waals surface area contributed by atoms with Gasteiger partial charge in [-0.05, 0) is 75.6 Å². The standard InChI is InChI=1S/C28H32FN5O4/c29-21-15-30-22-5-3-18(2-1-13-35)32-25(22)20(21)7-8-28-11-9-27(10-12-28,17-38-28)31-14-19-4-6-23-26(33-19)34-24(36)16-37-23/h3-6,15,31,35H,1-2,7-14,16-17H2,(H,33,34,36). The molecule has 3 fully saturated rings. The van der Waals surface area contributed by atoms with Crippen molar-refractivity contribution in [2.45, 2.75) is 69.1 Å². The summed E-state index contributed by atoms with van der Waals surface area (Å²) in [7, 11) is 0. The number of ether oxygens (including phenoxy) is 2. The largest absolute Gasteiger partial charge is 0.480 e. The van der Waals surface area contributed by atoms with Gasteiger partial charge in [0.25, 0.3) is 5.91 Å². The maximum Gasteiger partial charge on any atom is 0.263 e. The minimum absolute atomic E-state index is 0.0146. The first-order valence-electron chi connectivity index (χ1n) is 13.3. The SMILES string of the molecule is O=C1COc2ccc(CNC34CCC(CCc5c(F)cnc6ccc(CCCO)nc56)(CC3)OC4)nc2N1. The first kappa shape index (κ1) is 25.1. The van der Waals surface area contributed by atoms with E-state index in [2.05, 4.69) is 25.6 Å². The van der Waals surface area contributed by atoms with Crippen LogP contribution in [0.1, 0.15) is 55.5 Å². The van der Waals surface area contributed by atoms with Crippen LogP contribution in [-0.4, -0.2) is 56.9 Å². The number of amides is 1. The van der Waals surface area contributed by atoms with Gasteiger partial charge in [-0.25, -0.2) is 9.37 Å². The number of aryl methyl sites for hydroxylation is 2. The smallest absolute Gasteiger partial charge is 0.263 e. The van der Waals surface area contributed by atoms with Gasteiger partial charge in [0, 0.05) is 29.9 Å². The minimum Gasteiger partial charge on any atom is -0.480 e. The van der Waals surface area contributed by atoms with Crippen molar-refractivity contribution < 1.29 is 23.8 Å². The molecular formula is C28H32FN5O4. The molecule has 10 heteroatoms. The topological polar surface area (TPSA) is 118 Å². The Bertz CT molecular complexity index is 1340. The van der Waals surface area contributed by atoms with Gasteiger partial charge in [0.05, 0.1) is 35.1 Å². The van der Waals surface area contributed by atoms with Gasteiger partial charge in [-0.1, -0.05) is 0 Å². The zero-order valence-corrected chi connectivity index (χ0v) is 21.3. The molecule has 1 saturated carbocycles. The van der Waals surface area contributed by atoms with Crippen LogP contribution in [-0.2, 0) is 28.9 Å². The monoisotopic (exact) mass is 521 g/mol. The molecule has 2 saturated heterocycles. The number of aliphatic hydroxyl groups is 1. The quantitative estimate of drug-likeness (QED) is 0.393. The molecule has 200 valence electrons. The predicted octanol–water partition coefficient (Wildman–Crippen LogP) is 3.22. The highest BCUT2D eigenvalue weighted by atomic mass is 19.1. The van der Waals surface area contributed by atoms with E-state index in [4.69, 9.17) is 14.6 Å². The number of aliphatic hydroxyl groups excluding tert-OH is 1. The summed E-state index contributed by atoms with van der Waals surface area (Å²) in [5, 5.41) is 15.6. The van der Waals surface area contributed by atoms with E-state index < -0.39 is 0 Å². The molecule has 38 heavy (non-hydrogen) atoms. The van der Waals surface area contributed by atoms with Crippen molar-refractivity contribution in [3.05, 3.63) is 53.2 Å². The van der Waals surface area contributed by atoms with Gasteiger partial charge < -0.3 is 25.2 Å². The van der Waals surface area contributed by atoms with Gasteiger partial charge in [-0.15, -0.1) is 0 Å². The molecule has 0 atom stereocenters. The van der Waals surface area contributed by atoms with Crippen molar-refractivity contribution >= 4 is 22.8 Å². The number of hydrogen-bond donors (Lipinski definition) is 3. The van der Waals surface area contributed by atoms with Crippen LogP contribution in [0.4, 0.5) is 10.2 Å². The van der Waals surface area contributed by atoms with Crippen LogP contribution < -0.4 is 15.4 Å². The number of hydrogen-bond acceptors (Lipinski definition) is 8. The molecule has 6 heterocycles. The molecule has 0 aromatic carbocycles. The van der Waals surface area contributed by atoms with E-state index in [0.29, 0.717) is 60.6 Å². The number of rotatable bonds is 9. The normalized spacial score (nSPS) is 24.2. The highest BCUT2D eigenvalue weighted by Gasteiger charge is 2.49. The summed E-state index contributed by atoms with van der Waals surface area (Å²) in [5.41, 5.74) is 3.18. The number of anilines is 1. The molecule has 4 aliphatic rings. The van der Waals surface area contributed by atoms with Gasteiger partial charge in [0.15, 0.2) is 18.2 Å². The lowest BCUT2D eigenvalue weighted by Crippen LogP contribution is -2.61. The number of carbonyl (C=O) groups excluding carboxylic acids is 1. The molecule has 3 aromatic rings. The van der Waals surface area contributed by atoms with Crippen molar-refractivity contribution in [2.24, 2.45) is 0 Å². The molecule has 2 bridgehead atoms. The summed E-state index contributed by atoms with van der Waals surface area (Å²) in [6, 6.07) is 7.53. The lowest BCUT2D eigenvalue weighted by Gasteiger charge is -2.53. The van der Waals surface area contributed by atoms with Crippen LogP contribution in [0.5, 0.6) is 5.75 Å². The molecule has 1 amide bonds. The van der Waals surface area contributed by atoms with Crippen molar-refractivity contribution in [3.8, 4) is 5.75 Å². The molecule has 3 aliphatic heterocycles. The molecule has 3 aromatic heterocycles. The molecule has 3 N–H and O–H groups in total. The van der Waals surface area contributed by atoms with Crippen LogP contribution in [0.15, 0.2) is 30.5 Å². The number of pyridine rings is 3. The predicted molar refractivity (Wildman–Crippen MR) is 138 cm³/mol. The summed E-state index contributed by atoms with van der Waals surface area (Å²) in [6.07, 6.45) is 7.58. The molecular weight excluding hydrogens is 489 g/mol. The first-order chi connectivity index (χ1) is 18.5. The van der Waals surface area contributed by atoms with Gasteiger partial charge in [0.2, 0.25) is 0 Å². The Morgan fingerprint density at radius 1 is 1.08 bits per heavy atom. The number of nitrogens with zero attached hydrogens (tertiary/aromatic N) is 3. The Morgan fingerprint density at radius 3 is 2.71 bits per heavy atom. The lowest BCUT2D eigenvalue weighted by atomic mass is 9.69. The van der Waals surface area contributed by atoms with Crippen molar-refractivity contribution in [1.29, 1.82) is 0 Å². The Hall–Kier alpha value is -3.21. The van der Waals surface area contributed by atoms with E-state index in [-0.39, 0.29) is 36.1 Å². The van der Waals surface area contributed by atoms with E-state index in [0.717, 1.165) is 43.5 Å². The number of carbonyl (C=O) groups is 1. The Balaban J connectivity index is 1.09. The fraction of sp³-hybridized carbons (Fsp3) is 0.500. The average molecular weight is 522 g/mol. The van der Waals surface area contributed by atoms with Gasteiger partial charge in [0.1, 0.15) is 5.82 Å². The second-order valence-corrected chi connectivity index (χ2v) is 10.7. The summed E-state index contributed by atoms with van der Waals surface area (Å²) in [5.74, 6) is 0.523. The van der Waals surface area contributed by atoms with E-state index in [9.17, 15) is 9.18 Å². The summed E-state index contributed by atoms with van der Waals surface area (Å²) in [6.45, 7) is 1.28. The lowest BCUT2D eigenvalue weighted by molar-refractivity contribution is -0.165. The zero-order chi connectivity index (χ0) is 26.2. The number of fused-ring (bicyclic) bond motifs is 5. The summed E-state index contributed by atoms with van der Waals surface area (Å²) in [4.78, 5) is 25.1. The molecule has 0 spiro atoms. The van der Waals surface area contributed by atoms with Crippen LogP contribution in [0.25, 0.3) is 11.0 Å². The number of aromatic nitrogens is 3. The van der Waals surface area contributed by atoms with Crippen molar-refractivity contribution in [1.82, 2.24) is 20.3 Å². The van der Waals surface area contributed by atoms with E-state index in [1.54, 1.807) is 0 Å². The highest BCUT2D eigenvalue weighted by Crippen LogP contribution is 2.46. The molecule has 9 nitrogen and oxygen atoms in total. The second-order valence-electron chi connectivity index (χ2n) is 10.7. The van der Waals surface area contributed by atoms with Crippen LogP contribution in [0.3, 0.4) is 0 Å². The number of nitrogens with one attached hydrogen (secondary N) is 2. The maximum absolute atomic E-state index is 14.9. The second kappa shape index (κ2) is 10.2. The number of halogens is 1. The van der Waals surface area contributed by atoms with Gasteiger partial charge in [-0.2, -0.15) is 0 Å². The Labute approximate surface area is 220 Å². The molecule has 1 aliphatic carbocycles. The third-order valence-electron chi connectivity index (χ3n) is 8.19. The van der Waals surface area contributed by atoms with E-state index in [1.165, 1.54) is 6.20 Å². The maximum atomic E-state index is 14.9. The summed E-state index contributed by atoms with van der Waals surface area (Å²) >= 11 is 0.